The second kappa shape index (κ2) is 5.22. The third-order valence-corrected chi connectivity index (χ3v) is 5.86. The molecule has 2 aromatic rings. The van der Waals surface area contributed by atoms with Crippen LogP contribution in [0.2, 0.25) is 0 Å². The quantitative estimate of drug-likeness (QED) is 0.879. The van der Waals surface area contributed by atoms with Crippen molar-refractivity contribution >= 4 is 44.8 Å². The van der Waals surface area contributed by atoms with Gasteiger partial charge in [-0.2, -0.15) is 11.8 Å². The van der Waals surface area contributed by atoms with E-state index in [1.165, 1.54) is 11.8 Å². The number of carbonyl (C=O) groups is 1. The van der Waals surface area contributed by atoms with Gasteiger partial charge in [0.05, 0.1) is 11.1 Å². The Morgan fingerprint density at radius 2 is 2.15 bits per heavy atom. The summed E-state index contributed by atoms with van der Waals surface area (Å²) in [6.07, 6.45) is 0.972. The zero-order valence-electron chi connectivity index (χ0n) is 11.4. The molecule has 104 valence electrons. The number of rotatable bonds is 1. The molecule has 0 spiro atoms. The Bertz CT molecular complexity index is 765. The lowest BCUT2D eigenvalue weighted by molar-refractivity contribution is -0.114. The van der Waals surface area contributed by atoms with E-state index in [-0.39, 0.29) is 11.3 Å². The molecule has 1 N–H and O–H groups in total. The van der Waals surface area contributed by atoms with E-state index in [9.17, 15) is 9.59 Å². The Kier molecular flexibility index (Phi) is 3.56. The van der Waals surface area contributed by atoms with Gasteiger partial charge in [0.25, 0.3) is 0 Å². The van der Waals surface area contributed by atoms with Gasteiger partial charge in [-0.3, -0.25) is 9.59 Å². The summed E-state index contributed by atoms with van der Waals surface area (Å²) in [6, 6.07) is 3.79. The summed E-state index contributed by atoms with van der Waals surface area (Å²) in [5, 5.41) is 3.46. The van der Waals surface area contributed by atoms with Crippen LogP contribution in [0.1, 0.15) is 22.9 Å². The highest BCUT2D eigenvalue weighted by Crippen LogP contribution is 2.34. The molecule has 3 nitrogen and oxygen atoms in total. The average Bonchev–Trinajstić information content (AvgIpc) is 2.42. The van der Waals surface area contributed by atoms with Gasteiger partial charge >= 0.3 is 0 Å². The molecule has 1 aliphatic rings. The molecular formula is C15H15NO2S2. The first kappa shape index (κ1) is 13.6. The van der Waals surface area contributed by atoms with Crippen LogP contribution in [0.15, 0.2) is 16.9 Å². The van der Waals surface area contributed by atoms with Gasteiger partial charge in [-0.15, -0.1) is 11.3 Å². The summed E-state index contributed by atoms with van der Waals surface area (Å²) in [6.45, 7) is 3.48. The van der Waals surface area contributed by atoms with Crippen molar-refractivity contribution in [3.05, 3.63) is 38.4 Å². The van der Waals surface area contributed by atoms with E-state index < -0.39 is 0 Å². The number of aryl methyl sites for hydroxylation is 2. The second-order valence-corrected chi connectivity index (χ2v) is 7.16. The fourth-order valence-electron chi connectivity index (χ4n) is 2.49. The molecule has 0 radical (unpaired) electrons. The molecule has 1 aromatic heterocycles. The van der Waals surface area contributed by atoms with Gasteiger partial charge in [0.2, 0.25) is 5.91 Å². The largest absolute Gasteiger partial charge is 0.326 e. The molecule has 1 amide bonds. The first-order valence-corrected chi connectivity index (χ1v) is 8.48. The number of hydrogen-bond acceptors (Lipinski definition) is 4. The van der Waals surface area contributed by atoms with Crippen LogP contribution in [0.25, 0.3) is 10.1 Å². The van der Waals surface area contributed by atoms with Gasteiger partial charge in [0.15, 0.2) is 5.43 Å². The molecule has 20 heavy (non-hydrogen) atoms. The maximum Gasteiger partial charge on any atom is 0.221 e. The Labute approximate surface area is 125 Å². The molecule has 3 rings (SSSR count). The molecule has 0 aliphatic carbocycles. The van der Waals surface area contributed by atoms with E-state index in [0.717, 1.165) is 33.8 Å². The fourth-order valence-corrected chi connectivity index (χ4v) is 4.98. The van der Waals surface area contributed by atoms with Gasteiger partial charge in [0.1, 0.15) is 0 Å². The van der Waals surface area contributed by atoms with Crippen molar-refractivity contribution in [3.63, 3.8) is 0 Å². The molecular weight excluding hydrogens is 290 g/mol. The SMILES string of the molecule is CC(=O)Nc1ccc(C)c2sc3c(c(=O)c12)CSCC3. The van der Waals surface area contributed by atoms with E-state index in [2.05, 4.69) is 5.32 Å². The Morgan fingerprint density at radius 1 is 1.35 bits per heavy atom. The molecule has 2 heterocycles. The van der Waals surface area contributed by atoms with Crippen LogP contribution >= 0.6 is 23.1 Å². The summed E-state index contributed by atoms with van der Waals surface area (Å²) >= 11 is 3.51. The van der Waals surface area contributed by atoms with E-state index in [1.54, 1.807) is 23.1 Å². The molecule has 1 aromatic carbocycles. The van der Waals surface area contributed by atoms with Crippen molar-refractivity contribution in [2.24, 2.45) is 0 Å². The highest BCUT2D eigenvalue weighted by Gasteiger charge is 2.19. The fraction of sp³-hybridized carbons (Fsp3) is 0.333. The molecule has 1 aliphatic heterocycles. The lowest BCUT2D eigenvalue weighted by Gasteiger charge is -2.17. The van der Waals surface area contributed by atoms with E-state index >= 15 is 0 Å². The van der Waals surface area contributed by atoms with Crippen molar-refractivity contribution in [3.8, 4) is 0 Å². The second-order valence-electron chi connectivity index (χ2n) is 4.95. The number of fused-ring (bicyclic) bond motifs is 2. The third kappa shape index (κ3) is 2.25. The standard InChI is InChI=1S/C15H15NO2S2/c1-8-3-4-11(16-9(2)17)13-14(18)10-7-19-6-5-12(10)20-15(8)13/h3-4H,5-7H2,1-2H3,(H,16,17). The van der Waals surface area contributed by atoms with Crippen molar-refractivity contribution in [2.45, 2.75) is 26.0 Å². The van der Waals surface area contributed by atoms with Gasteiger partial charge in [-0.25, -0.2) is 0 Å². The minimum Gasteiger partial charge on any atom is -0.326 e. The van der Waals surface area contributed by atoms with Crippen molar-refractivity contribution in [2.75, 3.05) is 11.1 Å². The first-order valence-electron chi connectivity index (χ1n) is 6.51. The minimum atomic E-state index is -0.147. The zero-order chi connectivity index (χ0) is 14.3. The lowest BCUT2D eigenvalue weighted by Crippen LogP contribution is -2.17. The molecule has 0 fully saturated rings. The highest BCUT2D eigenvalue weighted by molar-refractivity contribution is 7.98. The van der Waals surface area contributed by atoms with Crippen LogP contribution in [-0.2, 0) is 17.0 Å². The van der Waals surface area contributed by atoms with Crippen LogP contribution in [0, 0.1) is 6.92 Å². The molecule has 0 saturated heterocycles. The number of nitrogens with one attached hydrogen (secondary N) is 1. The van der Waals surface area contributed by atoms with Crippen molar-refractivity contribution < 1.29 is 4.79 Å². The third-order valence-electron chi connectivity index (χ3n) is 3.45. The lowest BCUT2D eigenvalue weighted by atomic mass is 10.1. The summed E-state index contributed by atoms with van der Waals surface area (Å²) in [7, 11) is 0. The summed E-state index contributed by atoms with van der Waals surface area (Å²) in [5.41, 5.74) is 2.75. The summed E-state index contributed by atoms with van der Waals surface area (Å²) in [5.74, 6) is 1.72. The molecule has 0 unspecified atom stereocenters. The van der Waals surface area contributed by atoms with Crippen LogP contribution < -0.4 is 10.7 Å². The van der Waals surface area contributed by atoms with Gasteiger partial charge in [0, 0.05) is 27.8 Å². The zero-order valence-corrected chi connectivity index (χ0v) is 13.0. The number of carbonyl (C=O) groups excluding carboxylic acids is 1. The smallest absolute Gasteiger partial charge is 0.221 e. The summed E-state index contributed by atoms with van der Waals surface area (Å²) in [4.78, 5) is 25.3. The predicted molar refractivity (Wildman–Crippen MR) is 87.0 cm³/mol. The first-order chi connectivity index (χ1) is 9.58. The molecule has 0 bridgehead atoms. The maximum absolute atomic E-state index is 12.8. The maximum atomic E-state index is 12.8. The van der Waals surface area contributed by atoms with Crippen LogP contribution in [0.5, 0.6) is 0 Å². The highest BCUT2D eigenvalue weighted by atomic mass is 32.2. The van der Waals surface area contributed by atoms with E-state index in [1.807, 2.05) is 19.1 Å². The van der Waals surface area contributed by atoms with Crippen LogP contribution in [-0.4, -0.2) is 11.7 Å². The number of anilines is 1. The minimum absolute atomic E-state index is 0.0911. The normalized spacial score (nSPS) is 14.1. The Hall–Kier alpha value is -1.33. The van der Waals surface area contributed by atoms with Crippen LogP contribution in [0.4, 0.5) is 5.69 Å². The number of amides is 1. The van der Waals surface area contributed by atoms with E-state index in [0.29, 0.717) is 11.1 Å². The average molecular weight is 305 g/mol. The number of hydrogen-bond donors (Lipinski definition) is 1. The van der Waals surface area contributed by atoms with Gasteiger partial charge in [-0.05, 0) is 30.7 Å². The Balaban J connectivity index is 2.36. The molecule has 5 heteroatoms. The monoisotopic (exact) mass is 305 g/mol. The van der Waals surface area contributed by atoms with Gasteiger partial charge in [-0.1, -0.05) is 6.07 Å². The molecule has 0 saturated carbocycles. The van der Waals surface area contributed by atoms with Crippen molar-refractivity contribution in [1.29, 1.82) is 0 Å². The van der Waals surface area contributed by atoms with Crippen molar-refractivity contribution in [1.82, 2.24) is 0 Å². The van der Waals surface area contributed by atoms with Gasteiger partial charge < -0.3 is 5.32 Å². The van der Waals surface area contributed by atoms with E-state index in [4.69, 9.17) is 0 Å². The summed E-state index contributed by atoms with van der Waals surface area (Å²) < 4.78 is 1.01. The Morgan fingerprint density at radius 3 is 2.90 bits per heavy atom. The molecule has 0 atom stereocenters. The predicted octanol–water partition coefficient (Wildman–Crippen LogP) is 3.32. The number of thioether (sulfide) groups is 1. The van der Waals surface area contributed by atoms with Crippen LogP contribution in [0.3, 0.4) is 0 Å². The topological polar surface area (TPSA) is 46.2 Å². The number of benzene rings is 1.